The molecular formula is C18H19F2N3OS. The average Bonchev–Trinajstić information content (AvgIpc) is 2.63. The summed E-state index contributed by atoms with van der Waals surface area (Å²) in [5.74, 6) is -2.49. The number of nitrogens with zero attached hydrogens (tertiary/aromatic N) is 3. The van der Waals surface area contributed by atoms with E-state index in [2.05, 4.69) is 9.88 Å². The number of thioether (sulfide) groups is 1. The summed E-state index contributed by atoms with van der Waals surface area (Å²) in [6.45, 7) is 3.81. The zero-order valence-electron chi connectivity index (χ0n) is 13.6. The monoisotopic (exact) mass is 363 g/mol. The van der Waals surface area contributed by atoms with Gasteiger partial charge in [0.25, 0.3) is 11.7 Å². The average molecular weight is 363 g/mol. The highest BCUT2D eigenvalue weighted by Crippen LogP contribution is 2.25. The molecule has 1 aliphatic heterocycles. The van der Waals surface area contributed by atoms with E-state index in [-0.39, 0.29) is 5.91 Å². The maximum atomic E-state index is 12.5. The normalized spacial score (nSPS) is 15.6. The van der Waals surface area contributed by atoms with E-state index in [0.717, 1.165) is 19.6 Å². The van der Waals surface area contributed by atoms with Crippen molar-refractivity contribution in [3.8, 4) is 0 Å². The maximum Gasteiger partial charge on any atom is 0.288 e. The molecule has 1 aromatic heterocycles. The van der Waals surface area contributed by atoms with Gasteiger partial charge in [0.2, 0.25) is 0 Å². The van der Waals surface area contributed by atoms with Gasteiger partial charge in [-0.3, -0.25) is 14.7 Å². The Morgan fingerprint density at radius 2 is 1.68 bits per heavy atom. The molecule has 0 saturated carbocycles. The summed E-state index contributed by atoms with van der Waals surface area (Å²) >= 11 is 0.486. The molecule has 25 heavy (non-hydrogen) atoms. The van der Waals surface area contributed by atoms with Crippen molar-refractivity contribution in [1.82, 2.24) is 14.8 Å². The van der Waals surface area contributed by atoms with Crippen LogP contribution in [0.4, 0.5) is 8.78 Å². The molecule has 1 amide bonds. The van der Waals surface area contributed by atoms with Crippen molar-refractivity contribution in [3.63, 3.8) is 0 Å². The van der Waals surface area contributed by atoms with Gasteiger partial charge in [-0.25, -0.2) is 0 Å². The van der Waals surface area contributed by atoms with Gasteiger partial charge in [-0.1, -0.05) is 11.8 Å². The smallest absolute Gasteiger partial charge is 0.288 e. The summed E-state index contributed by atoms with van der Waals surface area (Å²) < 4.78 is 24.7. The minimum atomic E-state index is -2.45. The van der Waals surface area contributed by atoms with Crippen molar-refractivity contribution in [1.29, 1.82) is 0 Å². The highest BCUT2D eigenvalue weighted by Gasteiger charge is 2.22. The van der Waals surface area contributed by atoms with Crippen molar-refractivity contribution in [2.24, 2.45) is 0 Å². The number of halogens is 2. The summed E-state index contributed by atoms with van der Waals surface area (Å²) in [5.41, 5.74) is 1.75. The van der Waals surface area contributed by atoms with Crippen LogP contribution in [0.1, 0.15) is 15.9 Å². The third-order valence-corrected chi connectivity index (χ3v) is 4.86. The lowest BCUT2D eigenvalue weighted by molar-refractivity contribution is 0.0628. The van der Waals surface area contributed by atoms with Gasteiger partial charge in [-0.2, -0.15) is 8.78 Å². The van der Waals surface area contributed by atoms with Crippen LogP contribution in [-0.4, -0.2) is 52.6 Å². The van der Waals surface area contributed by atoms with Crippen LogP contribution < -0.4 is 0 Å². The summed E-state index contributed by atoms with van der Waals surface area (Å²) in [4.78, 5) is 21.1. The third kappa shape index (κ3) is 4.99. The van der Waals surface area contributed by atoms with E-state index in [1.807, 2.05) is 17.0 Å². The largest absolute Gasteiger partial charge is 0.336 e. The lowest BCUT2D eigenvalue weighted by Crippen LogP contribution is -2.48. The first kappa shape index (κ1) is 17.8. The van der Waals surface area contributed by atoms with Crippen LogP contribution in [0.15, 0.2) is 53.7 Å². The Labute approximate surface area is 149 Å². The van der Waals surface area contributed by atoms with E-state index >= 15 is 0 Å². The second-order valence-electron chi connectivity index (χ2n) is 5.83. The second-order valence-corrected chi connectivity index (χ2v) is 6.89. The highest BCUT2D eigenvalue weighted by atomic mass is 32.2. The number of amides is 1. The number of carbonyl (C=O) groups excluding carboxylic acids is 1. The third-order valence-electron chi connectivity index (χ3n) is 4.14. The van der Waals surface area contributed by atoms with Gasteiger partial charge in [0.1, 0.15) is 0 Å². The van der Waals surface area contributed by atoms with Crippen LogP contribution in [-0.2, 0) is 6.54 Å². The van der Waals surface area contributed by atoms with Crippen LogP contribution >= 0.6 is 11.8 Å². The molecule has 1 aliphatic rings. The molecule has 2 heterocycles. The fraction of sp³-hybridized carbons (Fsp3) is 0.333. The Kier molecular flexibility index (Phi) is 5.99. The Morgan fingerprint density at radius 3 is 2.28 bits per heavy atom. The summed E-state index contributed by atoms with van der Waals surface area (Å²) in [7, 11) is 0. The van der Waals surface area contributed by atoms with Gasteiger partial charge in [0.05, 0.1) is 0 Å². The molecule has 4 nitrogen and oxygen atoms in total. The summed E-state index contributed by atoms with van der Waals surface area (Å²) in [6.07, 6.45) is 3.57. The van der Waals surface area contributed by atoms with Gasteiger partial charge in [0.15, 0.2) is 0 Å². The molecule has 0 bridgehead atoms. The molecule has 1 saturated heterocycles. The number of pyridine rings is 1. The molecule has 2 aromatic rings. The molecule has 0 aliphatic carbocycles. The van der Waals surface area contributed by atoms with Gasteiger partial charge in [-0.15, -0.1) is 0 Å². The van der Waals surface area contributed by atoms with E-state index in [4.69, 9.17) is 0 Å². The van der Waals surface area contributed by atoms with Crippen molar-refractivity contribution in [2.45, 2.75) is 17.2 Å². The SMILES string of the molecule is O=C(c1ccc(SC(F)F)cc1)N1CCN(Cc2ccncc2)CC1. The fourth-order valence-electron chi connectivity index (χ4n) is 2.82. The first-order valence-corrected chi connectivity index (χ1v) is 8.95. The molecule has 0 unspecified atom stereocenters. The Hall–Kier alpha value is -1.99. The predicted octanol–water partition coefficient (Wildman–Crippen LogP) is 3.35. The molecule has 3 rings (SSSR count). The molecule has 132 valence electrons. The molecule has 0 radical (unpaired) electrons. The standard InChI is InChI=1S/C18H19F2N3OS/c19-18(20)25-16-3-1-15(2-4-16)17(24)23-11-9-22(10-12-23)13-14-5-7-21-8-6-14/h1-8,18H,9-13H2. The number of hydrogen-bond acceptors (Lipinski definition) is 4. The number of hydrogen-bond donors (Lipinski definition) is 0. The molecule has 0 N–H and O–H groups in total. The van der Waals surface area contributed by atoms with Crippen molar-refractivity contribution in [3.05, 3.63) is 59.9 Å². The number of piperazine rings is 1. The molecule has 1 fully saturated rings. The van der Waals surface area contributed by atoms with E-state index < -0.39 is 5.76 Å². The Balaban J connectivity index is 1.52. The van der Waals surface area contributed by atoms with Crippen LogP contribution in [0.25, 0.3) is 0 Å². The highest BCUT2D eigenvalue weighted by molar-refractivity contribution is 7.99. The fourth-order valence-corrected chi connectivity index (χ4v) is 3.32. The molecule has 0 spiro atoms. The quantitative estimate of drug-likeness (QED) is 0.764. The first-order chi connectivity index (χ1) is 12.1. The minimum absolute atomic E-state index is 0.0443. The van der Waals surface area contributed by atoms with E-state index in [1.165, 1.54) is 5.56 Å². The first-order valence-electron chi connectivity index (χ1n) is 8.07. The molecular weight excluding hydrogens is 344 g/mol. The number of aromatic nitrogens is 1. The van der Waals surface area contributed by atoms with Crippen LogP contribution in [0.3, 0.4) is 0 Å². The topological polar surface area (TPSA) is 36.4 Å². The van der Waals surface area contributed by atoms with E-state index in [9.17, 15) is 13.6 Å². The predicted molar refractivity (Wildman–Crippen MR) is 93.7 cm³/mol. The minimum Gasteiger partial charge on any atom is -0.336 e. The van der Waals surface area contributed by atoms with Crippen molar-refractivity contribution < 1.29 is 13.6 Å². The zero-order valence-corrected chi connectivity index (χ0v) is 14.5. The van der Waals surface area contributed by atoms with Gasteiger partial charge >= 0.3 is 0 Å². The lowest BCUT2D eigenvalue weighted by Gasteiger charge is -2.34. The summed E-state index contributed by atoms with van der Waals surface area (Å²) in [5, 5.41) is 0. The van der Waals surface area contributed by atoms with E-state index in [1.54, 1.807) is 36.7 Å². The van der Waals surface area contributed by atoms with Crippen LogP contribution in [0.5, 0.6) is 0 Å². The van der Waals surface area contributed by atoms with Gasteiger partial charge in [-0.05, 0) is 42.0 Å². The number of rotatable bonds is 5. The molecule has 1 aromatic carbocycles. The van der Waals surface area contributed by atoms with Gasteiger partial charge < -0.3 is 4.90 Å². The van der Waals surface area contributed by atoms with Crippen LogP contribution in [0.2, 0.25) is 0 Å². The maximum absolute atomic E-state index is 12.5. The zero-order chi connectivity index (χ0) is 17.6. The van der Waals surface area contributed by atoms with Crippen molar-refractivity contribution >= 4 is 17.7 Å². The Bertz CT molecular complexity index is 689. The van der Waals surface area contributed by atoms with Crippen molar-refractivity contribution in [2.75, 3.05) is 26.2 Å². The number of benzene rings is 1. The van der Waals surface area contributed by atoms with Gasteiger partial charge in [0, 0.05) is 55.6 Å². The second kappa shape index (κ2) is 8.40. The van der Waals surface area contributed by atoms with E-state index in [0.29, 0.717) is 35.3 Å². The number of alkyl halides is 2. The lowest BCUT2D eigenvalue weighted by atomic mass is 10.1. The molecule has 7 heteroatoms. The number of carbonyl (C=O) groups is 1. The van der Waals surface area contributed by atoms with Crippen LogP contribution in [0, 0.1) is 0 Å². The molecule has 0 atom stereocenters. The summed E-state index contributed by atoms with van der Waals surface area (Å²) in [6, 6.07) is 10.4. The Morgan fingerprint density at radius 1 is 1.04 bits per heavy atom.